The average molecular weight is 379 g/mol. The number of benzene rings is 1. The minimum atomic E-state index is 0.0178. The lowest BCUT2D eigenvalue weighted by Crippen LogP contribution is -2.40. The third-order valence-corrected chi connectivity index (χ3v) is 5.07. The second kappa shape index (κ2) is 8.39. The number of aryl methyl sites for hydroxylation is 2. The van der Waals surface area contributed by atoms with Gasteiger partial charge in [-0.05, 0) is 30.7 Å². The van der Waals surface area contributed by atoms with E-state index in [0.717, 1.165) is 42.1 Å². The van der Waals surface area contributed by atoms with Crippen molar-refractivity contribution >= 4 is 22.8 Å². The van der Waals surface area contributed by atoms with Gasteiger partial charge in [0.05, 0.1) is 29.8 Å². The minimum absolute atomic E-state index is 0.0178. The van der Waals surface area contributed by atoms with Crippen molar-refractivity contribution in [3.8, 4) is 0 Å². The molecule has 0 saturated carbocycles. The summed E-state index contributed by atoms with van der Waals surface area (Å²) in [5, 5.41) is 3.32. The van der Waals surface area contributed by atoms with E-state index in [1.165, 1.54) is 0 Å². The number of carbonyl (C=O) groups is 1. The molecule has 1 amide bonds. The molecule has 1 aromatic carbocycles. The van der Waals surface area contributed by atoms with Crippen molar-refractivity contribution in [2.45, 2.75) is 12.8 Å². The molecule has 7 heteroatoms. The zero-order chi connectivity index (χ0) is 19.3. The standard InChI is InChI=1S/C21H25N5O2/c1-25-18-6-3-2-5-17(18)24-20(25)7-4-10-22-19-9-8-16(15-23-19)21(27)26-11-13-28-14-12-26/h2-3,5-6,8-9,15H,4,7,10-14H2,1H3,(H,22,23). The summed E-state index contributed by atoms with van der Waals surface area (Å²) in [6.07, 6.45) is 3.49. The first-order valence-corrected chi connectivity index (χ1v) is 9.69. The highest BCUT2D eigenvalue weighted by molar-refractivity contribution is 5.94. The molecule has 0 unspecified atom stereocenters. The van der Waals surface area contributed by atoms with Gasteiger partial charge in [0, 0.05) is 39.3 Å². The highest BCUT2D eigenvalue weighted by atomic mass is 16.5. The Hall–Kier alpha value is -2.93. The summed E-state index contributed by atoms with van der Waals surface area (Å²) in [4.78, 5) is 23.3. The molecule has 4 rings (SSSR count). The van der Waals surface area contributed by atoms with E-state index >= 15 is 0 Å². The molecule has 1 saturated heterocycles. The molecule has 0 radical (unpaired) electrons. The first-order chi connectivity index (χ1) is 13.7. The van der Waals surface area contributed by atoms with Crippen LogP contribution in [0.4, 0.5) is 5.82 Å². The number of pyridine rings is 1. The van der Waals surface area contributed by atoms with Crippen LogP contribution in [0.2, 0.25) is 0 Å². The Balaban J connectivity index is 1.28. The van der Waals surface area contributed by atoms with Crippen LogP contribution in [0.1, 0.15) is 22.6 Å². The minimum Gasteiger partial charge on any atom is -0.378 e. The number of amides is 1. The van der Waals surface area contributed by atoms with Gasteiger partial charge < -0.3 is 19.5 Å². The van der Waals surface area contributed by atoms with E-state index in [9.17, 15) is 4.79 Å². The number of carbonyl (C=O) groups excluding carboxylic acids is 1. The predicted octanol–water partition coefficient (Wildman–Crippen LogP) is 2.49. The van der Waals surface area contributed by atoms with Crippen LogP contribution in [0.5, 0.6) is 0 Å². The van der Waals surface area contributed by atoms with Crippen molar-refractivity contribution in [1.29, 1.82) is 0 Å². The maximum atomic E-state index is 12.4. The summed E-state index contributed by atoms with van der Waals surface area (Å²) in [5.41, 5.74) is 2.81. The Morgan fingerprint density at radius 2 is 2.00 bits per heavy atom. The van der Waals surface area contributed by atoms with Gasteiger partial charge in [0.25, 0.3) is 5.91 Å². The van der Waals surface area contributed by atoms with E-state index in [4.69, 9.17) is 9.72 Å². The Kier molecular flexibility index (Phi) is 5.53. The monoisotopic (exact) mass is 379 g/mol. The Morgan fingerprint density at radius 3 is 2.75 bits per heavy atom. The largest absolute Gasteiger partial charge is 0.378 e. The molecule has 0 atom stereocenters. The fraction of sp³-hybridized carbons (Fsp3) is 0.381. The van der Waals surface area contributed by atoms with Crippen LogP contribution in [-0.2, 0) is 18.2 Å². The van der Waals surface area contributed by atoms with Gasteiger partial charge in [-0.25, -0.2) is 9.97 Å². The van der Waals surface area contributed by atoms with Crippen LogP contribution in [0, 0.1) is 0 Å². The average Bonchev–Trinajstić information content (AvgIpc) is 3.07. The van der Waals surface area contributed by atoms with E-state index in [2.05, 4.69) is 28.0 Å². The zero-order valence-electron chi connectivity index (χ0n) is 16.1. The Bertz CT molecular complexity index is 945. The second-order valence-corrected chi connectivity index (χ2v) is 6.94. The molecular formula is C21H25N5O2. The van der Waals surface area contributed by atoms with Gasteiger partial charge >= 0.3 is 0 Å². The van der Waals surface area contributed by atoms with Gasteiger partial charge in [-0.2, -0.15) is 0 Å². The second-order valence-electron chi connectivity index (χ2n) is 6.94. The molecule has 1 aliphatic rings. The lowest BCUT2D eigenvalue weighted by atomic mass is 10.2. The third kappa shape index (κ3) is 3.99. The highest BCUT2D eigenvalue weighted by Crippen LogP contribution is 2.15. The van der Waals surface area contributed by atoms with Crippen LogP contribution in [0.25, 0.3) is 11.0 Å². The number of nitrogens with zero attached hydrogens (tertiary/aromatic N) is 4. The quantitative estimate of drug-likeness (QED) is 0.666. The van der Waals surface area contributed by atoms with Crippen LogP contribution in [0.3, 0.4) is 0 Å². The van der Waals surface area contributed by atoms with Crippen molar-refractivity contribution in [2.24, 2.45) is 7.05 Å². The molecule has 146 valence electrons. The van der Waals surface area contributed by atoms with E-state index < -0.39 is 0 Å². The van der Waals surface area contributed by atoms with Crippen LogP contribution >= 0.6 is 0 Å². The number of para-hydroxylation sites is 2. The molecule has 1 aliphatic heterocycles. The van der Waals surface area contributed by atoms with Gasteiger partial charge in [-0.1, -0.05) is 12.1 Å². The Morgan fingerprint density at radius 1 is 1.18 bits per heavy atom. The molecule has 3 aromatic rings. The molecule has 0 aliphatic carbocycles. The number of hydrogen-bond acceptors (Lipinski definition) is 5. The van der Waals surface area contributed by atoms with E-state index in [0.29, 0.717) is 31.9 Å². The SMILES string of the molecule is Cn1c(CCCNc2ccc(C(=O)N3CCOCC3)cn2)nc2ccccc21. The van der Waals surface area contributed by atoms with Crippen molar-refractivity contribution in [3.05, 3.63) is 54.0 Å². The summed E-state index contributed by atoms with van der Waals surface area (Å²) >= 11 is 0. The number of fused-ring (bicyclic) bond motifs is 1. The summed E-state index contributed by atoms with van der Waals surface area (Å²) in [6, 6.07) is 11.9. The van der Waals surface area contributed by atoms with Crippen LogP contribution in [0.15, 0.2) is 42.6 Å². The van der Waals surface area contributed by atoms with Gasteiger partial charge in [0.2, 0.25) is 0 Å². The smallest absolute Gasteiger partial charge is 0.255 e. The van der Waals surface area contributed by atoms with Crippen LogP contribution < -0.4 is 5.32 Å². The summed E-state index contributed by atoms with van der Waals surface area (Å²) in [7, 11) is 2.06. The normalized spacial score (nSPS) is 14.4. The van der Waals surface area contributed by atoms with E-state index in [1.54, 1.807) is 6.20 Å². The number of ether oxygens (including phenoxy) is 1. The first-order valence-electron chi connectivity index (χ1n) is 9.69. The van der Waals surface area contributed by atoms with Crippen molar-refractivity contribution < 1.29 is 9.53 Å². The van der Waals surface area contributed by atoms with Crippen molar-refractivity contribution in [1.82, 2.24) is 19.4 Å². The van der Waals surface area contributed by atoms with Crippen molar-refractivity contribution in [2.75, 3.05) is 38.2 Å². The molecule has 28 heavy (non-hydrogen) atoms. The fourth-order valence-corrected chi connectivity index (χ4v) is 3.46. The van der Waals surface area contributed by atoms with E-state index in [-0.39, 0.29) is 5.91 Å². The maximum absolute atomic E-state index is 12.4. The molecule has 1 fully saturated rings. The third-order valence-electron chi connectivity index (χ3n) is 5.07. The molecular weight excluding hydrogens is 354 g/mol. The van der Waals surface area contributed by atoms with Gasteiger partial charge in [0.15, 0.2) is 0 Å². The van der Waals surface area contributed by atoms with Crippen molar-refractivity contribution in [3.63, 3.8) is 0 Å². The summed E-state index contributed by atoms with van der Waals surface area (Å²) in [5.74, 6) is 1.88. The number of morpholine rings is 1. The summed E-state index contributed by atoms with van der Waals surface area (Å²) < 4.78 is 7.44. The number of hydrogen-bond donors (Lipinski definition) is 1. The first kappa shape index (κ1) is 18.4. The molecule has 0 spiro atoms. The zero-order valence-corrected chi connectivity index (χ0v) is 16.1. The number of nitrogens with one attached hydrogen (secondary N) is 1. The lowest BCUT2D eigenvalue weighted by Gasteiger charge is -2.26. The molecule has 1 N–H and O–H groups in total. The topological polar surface area (TPSA) is 72.3 Å². The van der Waals surface area contributed by atoms with Gasteiger partial charge in [0.1, 0.15) is 11.6 Å². The van der Waals surface area contributed by atoms with Crippen LogP contribution in [-0.4, -0.2) is 58.2 Å². The van der Waals surface area contributed by atoms with Gasteiger partial charge in [-0.15, -0.1) is 0 Å². The Labute approximate surface area is 164 Å². The fourth-order valence-electron chi connectivity index (χ4n) is 3.46. The number of imidazole rings is 1. The molecule has 7 nitrogen and oxygen atoms in total. The maximum Gasteiger partial charge on any atom is 0.255 e. The number of anilines is 1. The van der Waals surface area contributed by atoms with E-state index in [1.807, 2.05) is 35.2 Å². The molecule has 0 bridgehead atoms. The van der Waals surface area contributed by atoms with Gasteiger partial charge in [-0.3, -0.25) is 4.79 Å². The number of aromatic nitrogens is 3. The molecule has 2 aromatic heterocycles. The summed E-state index contributed by atoms with van der Waals surface area (Å²) in [6.45, 7) is 3.28. The molecule has 3 heterocycles. The lowest BCUT2D eigenvalue weighted by molar-refractivity contribution is 0.0302. The predicted molar refractivity (Wildman–Crippen MR) is 108 cm³/mol. The number of rotatable bonds is 6. The highest BCUT2D eigenvalue weighted by Gasteiger charge is 2.18.